The summed E-state index contributed by atoms with van der Waals surface area (Å²) in [5.41, 5.74) is 3.35. The first-order valence-corrected chi connectivity index (χ1v) is 6.84. The highest BCUT2D eigenvalue weighted by Gasteiger charge is 2.09. The summed E-state index contributed by atoms with van der Waals surface area (Å²) in [6, 6.07) is 18.8. The van der Waals surface area contributed by atoms with Crippen molar-refractivity contribution in [3.63, 3.8) is 0 Å². The molecule has 0 aliphatic heterocycles. The first-order valence-electron chi connectivity index (χ1n) is 6.84. The molecule has 1 atom stereocenters. The van der Waals surface area contributed by atoms with Crippen LogP contribution in [0.15, 0.2) is 54.6 Å². The van der Waals surface area contributed by atoms with E-state index < -0.39 is 0 Å². The molecule has 0 saturated heterocycles. The molecule has 1 unspecified atom stereocenters. The summed E-state index contributed by atoms with van der Waals surface area (Å²) in [5, 5.41) is 12.6. The lowest BCUT2D eigenvalue weighted by Gasteiger charge is -2.20. The van der Waals surface area contributed by atoms with E-state index in [1.807, 2.05) is 30.3 Å². The summed E-state index contributed by atoms with van der Waals surface area (Å²) < 4.78 is 0. The van der Waals surface area contributed by atoms with E-state index in [9.17, 15) is 0 Å². The van der Waals surface area contributed by atoms with E-state index in [2.05, 4.69) is 36.5 Å². The van der Waals surface area contributed by atoms with E-state index in [1.54, 1.807) is 0 Å². The van der Waals surface area contributed by atoms with Crippen LogP contribution in [-0.4, -0.2) is 5.11 Å². The minimum absolute atomic E-state index is 0.0946. The van der Waals surface area contributed by atoms with Crippen molar-refractivity contribution < 1.29 is 5.11 Å². The number of aliphatic hydroxyl groups excluding tert-OH is 1. The Labute approximate surface area is 115 Å². The minimum atomic E-state index is 0.0946. The van der Waals surface area contributed by atoms with Gasteiger partial charge in [0.05, 0.1) is 12.6 Å². The van der Waals surface area contributed by atoms with Crippen LogP contribution in [0.2, 0.25) is 0 Å². The first kappa shape index (κ1) is 13.6. The van der Waals surface area contributed by atoms with Gasteiger partial charge >= 0.3 is 0 Å². The van der Waals surface area contributed by atoms with E-state index in [4.69, 9.17) is 5.11 Å². The van der Waals surface area contributed by atoms with Crippen molar-refractivity contribution in [1.82, 2.24) is 0 Å². The molecule has 2 N–H and O–H groups in total. The van der Waals surface area contributed by atoms with Gasteiger partial charge in [0, 0.05) is 5.69 Å². The first-order chi connectivity index (χ1) is 9.33. The highest BCUT2D eigenvalue weighted by atomic mass is 16.3. The summed E-state index contributed by atoms with van der Waals surface area (Å²) in [5.74, 6) is 0. The summed E-state index contributed by atoms with van der Waals surface area (Å²) in [6.07, 6.45) is 2.24. The van der Waals surface area contributed by atoms with Gasteiger partial charge in [0.15, 0.2) is 0 Å². The summed E-state index contributed by atoms with van der Waals surface area (Å²) in [4.78, 5) is 0. The molecule has 2 aromatic carbocycles. The lowest BCUT2D eigenvalue weighted by molar-refractivity contribution is 0.282. The van der Waals surface area contributed by atoms with Crippen LogP contribution in [0, 0.1) is 0 Å². The van der Waals surface area contributed by atoms with E-state index >= 15 is 0 Å². The summed E-state index contributed by atoms with van der Waals surface area (Å²) in [6.45, 7) is 2.30. The molecule has 0 spiro atoms. The molecule has 0 radical (unpaired) electrons. The fourth-order valence-electron chi connectivity index (χ4n) is 2.20. The summed E-state index contributed by atoms with van der Waals surface area (Å²) >= 11 is 0. The van der Waals surface area contributed by atoms with Crippen molar-refractivity contribution in [3.8, 4) is 0 Å². The van der Waals surface area contributed by atoms with E-state index in [0.29, 0.717) is 6.04 Å². The molecule has 0 aliphatic rings. The van der Waals surface area contributed by atoms with Crippen LogP contribution in [0.5, 0.6) is 0 Å². The predicted molar refractivity (Wildman–Crippen MR) is 80.1 cm³/mol. The van der Waals surface area contributed by atoms with Gasteiger partial charge in [0.25, 0.3) is 0 Å². The fraction of sp³-hybridized carbons (Fsp3) is 0.294. The molecule has 0 aliphatic carbocycles. The SMILES string of the molecule is CCCC(Nc1ccc(CO)cc1)c1ccccc1. The van der Waals surface area contributed by atoms with E-state index in [-0.39, 0.29) is 6.61 Å². The zero-order valence-electron chi connectivity index (χ0n) is 11.3. The largest absolute Gasteiger partial charge is 0.392 e. The van der Waals surface area contributed by atoms with Crippen molar-refractivity contribution in [1.29, 1.82) is 0 Å². The maximum Gasteiger partial charge on any atom is 0.0681 e. The number of rotatable bonds is 6. The van der Waals surface area contributed by atoms with Crippen molar-refractivity contribution in [3.05, 3.63) is 65.7 Å². The van der Waals surface area contributed by atoms with Crippen molar-refractivity contribution in [2.45, 2.75) is 32.4 Å². The molecular formula is C17H21NO. The molecule has 0 fully saturated rings. The highest BCUT2D eigenvalue weighted by Crippen LogP contribution is 2.24. The van der Waals surface area contributed by atoms with Gasteiger partial charge in [0.2, 0.25) is 0 Å². The molecule has 0 aromatic heterocycles. The van der Waals surface area contributed by atoms with E-state index in [0.717, 1.165) is 24.1 Å². The average molecular weight is 255 g/mol. The second kappa shape index (κ2) is 6.95. The normalized spacial score (nSPS) is 12.1. The smallest absolute Gasteiger partial charge is 0.0681 e. The van der Waals surface area contributed by atoms with Crippen LogP contribution in [-0.2, 0) is 6.61 Å². The molecular weight excluding hydrogens is 234 g/mol. The molecule has 100 valence electrons. The van der Waals surface area contributed by atoms with Gasteiger partial charge < -0.3 is 10.4 Å². The van der Waals surface area contributed by atoms with Crippen molar-refractivity contribution in [2.75, 3.05) is 5.32 Å². The molecule has 0 bridgehead atoms. The van der Waals surface area contributed by atoms with Gasteiger partial charge in [-0.3, -0.25) is 0 Å². The predicted octanol–water partition coefficient (Wildman–Crippen LogP) is 4.13. The van der Waals surface area contributed by atoms with Gasteiger partial charge in [0.1, 0.15) is 0 Å². The fourth-order valence-corrected chi connectivity index (χ4v) is 2.20. The zero-order chi connectivity index (χ0) is 13.5. The van der Waals surface area contributed by atoms with Crippen LogP contribution in [0.25, 0.3) is 0 Å². The number of anilines is 1. The highest BCUT2D eigenvalue weighted by molar-refractivity contribution is 5.46. The monoisotopic (exact) mass is 255 g/mol. The Morgan fingerprint density at radius 3 is 2.26 bits per heavy atom. The van der Waals surface area contributed by atoms with Gasteiger partial charge in [-0.25, -0.2) is 0 Å². The maximum absolute atomic E-state index is 9.05. The van der Waals surface area contributed by atoms with Crippen molar-refractivity contribution >= 4 is 5.69 Å². The number of nitrogens with one attached hydrogen (secondary N) is 1. The number of hydrogen-bond acceptors (Lipinski definition) is 2. The third kappa shape index (κ3) is 3.83. The third-order valence-electron chi connectivity index (χ3n) is 3.26. The Bertz CT molecular complexity index is 478. The molecule has 2 nitrogen and oxygen atoms in total. The Morgan fingerprint density at radius 2 is 1.68 bits per heavy atom. The van der Waals surface area contributed by atoms with Crippen LogP contribution in [0.3, 0.4) is 0 Å². The third-order valence-corrected chi connectivity index (χ3v) is 3.26. The van der Waals surface area contributed by atoms with E-state index in [1.165, 1.54) is 5.56 Å². The zero-order valence-corrected chi connectivity index (χ0v) is 11.3. The van der Waals surface area contributed by atoms with Crippen LogP contribution < -0.4 is 5.32 Å². The topological polar surface area (TPSA) is 32.3 Å². The van der Waals surface area contributed by atoms with Gasteiger partial charge in [-0.2, -0.15) is 0 Å². The van der Waals surface area contributed by atoms with Gasteiger partial charge in [-0.05, 0) is 29.7 Å². The van der Waals surface area contributed by atoms with Crippen LogP contribution >= 0.6 is 0 Å². The Hall–Kier alpha value is -1.80. The Kier molecular flexibility index (Phi) is 4.99. The average Bonchev–Trinajstić information content (AvgIpc) is 2.48. The Balaban J connectivity index is 2.11. The summed E-state index contributed by atoms with van der Waals surface area (Å²) in [7, 11) is 0. The van der Waals surface area contributed by atoms with Crippen molar-refractivity contribution in [2.24, 2.45) is 0 Å². The van der Waals surface area contributed by atoms with Gasteiger partial charge in [-0.1, -0.05) is 55.8 Å². The molecule has 0 heterocycles. The minimum Gasteiger partial charge on any atom is -0.392 e. The maximum atomic E-state index is 9.05. The second-order valence-electron chi connectivity index (χ2n) is 4.75. The molecule has 2 aromatic rings. The van der Waals surface area contributed by atoms with Crippen LogP contribution in [0.1, 0.15) is 36.9 Å². The molecule has 0 amide bonds. The van der Waals surface area contributed by atoms with Gasteiger partial charge in [-0.15, -0.1) is 0 Å². The molecule has 2 rings (SSSR count). The molecule has 19 heavy (non-hydrogen) atoms. The Morgan fingerprint density at radius 1 is 1.00 bits per heavy atom. The number of aliphatic hydroxyl groups is 1. The molecule has 0 saturated carbocycles. The lowest BCUT2D eigenvalue weighted by atomic mass is 10.0. The second-order valence-corrected chi connectivity index (χ2v) is 4.75. The van der Waals surface area contributed by atoms with Crippen LogP contribution in [0.4, 0.5) is 5.69 Å². The number of benzene rings is 2. The standard InChI is InChI=1S/C17H21NO/c1-2-6-17(15-7-4-3-5-8-15)18-16-11-9-14(13-19)10-12-16/h3-5,7-12,17-19H,2,6,13H2,1H3. The quantitative estimate of drug-likeness (QED) is 0.813. The molecule has 2 heteroatoms. The number of hydrogen-bond donors (Lipinski definition) is 2. The lowest BCUT2D eigenvalue weighted by Crippen LogP contribution is -2.10.